The number of aryl methyl sites for hydroxylation is 1. The molecule has 0 saturated carbocycles. The number of pyridine rings is 1. The largest absolute Gasteiger partial charge is 0.455 e. The molecule has 0 spiro atoms. The molecule has 0 amide bonds. The minimum Gasteiger partial charge on any atom is -0.455 e. The van der Waals surface area contributed by atoms with Crippen LogP contribution in [0.3, 0.4) is 0 Å². The van der Waals surface area contributed by atoms with Crippen LogP contribution in [0.5, 0.6) is 11.5 Å². The molecule has 1 heterocycles. The molecule has 0 bridgehead atoms. The lowest BCUT2D eigenvalue weighted by molar-refractivity contribution is 0.0983. The van der Waals surface area contributed by atoms with Gasteiger partial charge in [0, 0.05) is 10.9 Å². The highest BCUT2D eigenvalue weighted by molar-refractivity contribution is 9.10. The molecule has 4 heteroatoms. The van der Waals surface area contributed by atoms with Gasteiger partial charge in [0.25, 0.3) is 0 Å². The Balaban J connectivity index is 2.19. The van der Waals surface area contributed by atoms with Crippen molar-refractivity contribution in [3.8, 4) is 11.5 Å². The summed E-state index contributed by atoms with van der Waals surface area (Å²) in [4.78, 5) is 15.6. The molecule has 0 aliphatic rings. The number of ketones is 1. The van der Waals surface area contributed by atoms with Crippen molar-refractivity contribution in [2.45, 2.75) is 20.3 Å². The Morgan fingerprint density at radius 1 is 1.32 bits per heavy atom. The van der Waals surface area contributed by atoms with E-state index in [4.69, 9.17) is 4.74 Å². The van der Waals surface area contributed by atoms with E-state index in [1.165, 1.54) is 0 Å². The van der Waals surface area contributed by atoms with Crippen LogP contribution in [0.25, 0.3) is 0 Å². The summed E-state index contributed by atoms with van der Waals surface area (Å²) in [6.07, 6.45) is 2.03. The Labute approximate surface area is 120 Å². The molecule has 19 heavy (non-hydrogen) atoms. The number of Topliss-reactive ketones (excluding diaryl/α,β-unsaturated/α-hetero) is 1. The zero-order valence-electron chi connectivity index (χ0n) is 10.8. The van der Waals surface area contributed by atoms with E-state index in [0.717, 1.165) is 15.8 Å². The number of hydrogen-bond acceptors (Lipinski definition) is 3. The fourth-order valence-corrected chi connectivity index (χ4v) is 1.94. The van der Waals surface area contributed by atoms with Crippen LogP contribution >= 0.6 is 15.9 Å². The van der Waals surface area contributed by atoms with Gasteiger partial charge in [0.05, 0.1) is 6.20 Å². The monoisotopic (exact) mass is 319 g/mol. The van der Waals surface area contributed by atoms with Gasteiger partial charge in [0.1, 0.15) is 17.2 Å². The molecule has 2 rings (SSSR count). The third-order valence-corrected chi connectivity index (χ3v) is 3.21. The normalized spacial score (nSPS) is 10.3. The van der Waals surface area contributed by atoms with Crippen molar-refractivity contribution in [3.05, 3.63) is 52.3 Å². The van der Waals surface area contributed by atoms with Gasteiger partial charge in [-0.3, -0.25) is 4.79 Å². The maximum Gasteiger partial charge on any atom is 0.180 e. The summed E-state index contributed by atoms with van der Waals surface area (Å²) < 4.78 is 6.71. The third-order valence-electron chi connectivity index (χ3n) is 2.72. The van der Waals surface area contributed by atoms with Crippen molar-refractivity contribution >= 4 is 21.7 Å². The predicted octanol–water partition coefficient (Wildman–Crippen LogP) is 4.54. The van der Waals surface area contributed by atoms with Crippen LogP contribution in [0.1, 0.15) is 29.4 Å². The van der Waals surface area contributed by atoms with Crippen molar-refractivity contribution in [1.82, 2.24) is 4.98 Å². The van der Waals surface area contributed by atoms with E-state index in [1.807, 2.05) is 32.0 Å². The van der Waals surface area contributed by atoms with Crippen LogP contribution in [0.15, 0.2) is 41.0 Å². The minimum absolute atomic E-state index is 0.0326. The van der Waals surface area contributed by atoms with Gasteiger partial charge in [-0.05, 0) is 36.8 Å². The smallest absolute Gasteiger partial charge is 0.180 e. The van der Waals surface area contributed by atoms with Crippen LogP contribution in [-0.2, 0) is 0 Å². The first-order valence-electron chi connectivity index (χ1n) is 6.03. The quantitative estimate of drug-likeness (QED) is 0.777. The number of halogens is 1. The lowest BCUT2D eigenvalue weighted by Crippen LogP contribution is -1.99. The highest BCUT2D eigenvalue weighted by atomic mass is 79.9. The Hall–Kier alpha value is -1.68. The maximum absolute atomic E-state index is 11.5. The first-order valence-corrected chi connectivity index (χ1v) is 6.82. The van der Waals surface area contributed by atoms with Crippen molar-refractivity contribution < 1.29 is 9.53 Å². The van der Waals surface area contributed by atoms with Crippen molar-refractivity contribution in [1.29, 1.82) is 0 Å². The zero-order valence-corrected chi connectivity index (χ0v) is 12.4. The number of benzene rings is 1. The van der Waals surface area contributed by atoms with E-state index in [9.17, 15) is 4.79 Å². The lowest BCUT2D eigenvalue weighted by Gasteiger charge is -2.09. The average Bonchev–Trinajstić information content (AvgIpc) is 2.43. The molecule has 0 unspecified atom stereocenters. The number of ether oxygens (including phenoxy) is 1. The van der Waals surface area contributed by atoms with E-state index < -0.39 is 0 Å². The Morgan fingerprint density at radius 2 is 2.11 bits per heavy atom. The van der Waals surface area contributed by atoms with Gasteiger partial charge in [-0.25, -0.2) is 4.98 Å². The van der Waals surface area contributed by atoms with Gasteiger partial charge in [-0.15, -0.1) is 0 Å². The van der Waals surface area contributed by atoms with Gasteiger partial charge < -0.3 is 4.74 Å². The average molecular weight is 320 g/mol. The van der Waals surface area contributed by atoms with Gasteiger partial charge >= 0.3 is 0 Å². The summed E-state index contributed by atoms with van der Waals surface area (Å²) in [6.45, 7) is 3.80. The molecule has 3 nitrogen and oxygen atoms in total. The summed E-state index contributed by atoms with van der Waals surface area (Å²) in [5.41, 5.74) is 1.51. The summed E-state index contributed by atoms with van der Waals surface area (Å²) in [5, 5.41) is 0. The van der Waals surface area contributed by atoms with E-state index in [0.29, 0.717) is 17.9 Å². The van der Waals surface area contributed by atoms with Gasteiger partial charge in [-0.2, -0.15) is 0 Å². The molecule has 2 aromatic rings. The molecule has 0 atom stereocenters. The molecule has 1 aromatic carbocycles. The first-order chi connectivity index (χ1) is 9.10. The van der Waals surface area contributed by atoms with Crippen molar-refractivity contribution in [2.24, 2.45) is 0 Å². The highest BCUT2D eigenvalue weighted by Gasteiger charge is 2.06. The number of carbonyl (C=O) groups is 1. The molecule has 0 aliphatic carbocycles. The fraction of sp³-hybridized carbons (Fsp3) is 0.200. The Bertz CT molecular complexity index is 594. The van der Waals surface area contributed by atoms with Crippen LogP contribution < -0.4 is 4.74 Å². The topological polar surface area (TPSA) is 39.2 Å². The second-order valence-electron chi connectivity index (χ2n) is 4.17. The standard InChI is InChI=1S/C15H14BrNO2/c1-3-14(18)13-7-6-12(9-17-13)19-15-8-11(16)5-4-10(15)2/h4-9H,3H2,1-2H3. The van der Waals surface area contributed by atoms with Gasteiger partial charge in [0.15, 0.2) is 5.78 Å². The zero-order chi connectivity index (χ0) is 13.8. The van der Waals surface area contributed by atoms with E-state index in [2.05, 4.69) is 20.9 Å². The minimum atomic E-state index is 0.0326. The van der Waals surface area contributed by atoms with Crippen LogP contribution in [0, 0.1) is 6.92 Å². The summed E-state index contributed by atoms with van der Waals surface area (Å²) in [5.74, 6) is 1.42. The molecule has 0 radical (unpaired) electrons. The van der Waals surface area contributed by atoms with E-state index in [-0.39, 0.29) is 5.78 Å². The summed E-state index contributed by atoms with van der Waals surface area (Å²) in [6, 6.07) is 9.29. The SMILES string of the molecule is CCC(=O)c1ccc(Oc2cc(Br)ccc2C)cn1. The lowest BCUT2D eigenvalue weighted by atomic mass is 10.2. The van der Waals surface area contributed by atoms with E-state index >= 15 is 0 Å². The van der Waals surface area contributed by atoms with E-state index in [1.54, 1.807) is 18.3 Å². The van der Waals surface area contributed by atoms with Gasteiger partial charge in [0.2, 0.25) is 0 Å². The van der Waals surface area contributed by atoms with Crippen LogP contribution in [0.2, 0.25) is 0 Å². The van der Waals surface area contributed by atoms with Crippen LogP contribution in [0.4, 0.5) is 0 Å². The molecule has 0 fully saturated rings. The Morgan fingerprint density at radius 3 is 2.74 bits per heavy atom. The molecular formula is C15H14BrNO2. The number of carbonyl (C=O) groups excluding carboxylic acids is 1. The molecule has 0 saturated heterocycles. The first kappa shape index (κ1) is 13.7. The van der Waals surface area contributed by atoms with Crippen molar-refractivity contribution in [2.75, 3.05) is 0 Å². The molecular weight excluding hydrogens is 306 g/mol. The predicted molar refractivity (Wildman–Crippen MR) is 77.8 cm³/mol. The molecule has 1 aromatic heterocycles. The Kier molecular flexibility index (Phi) is 4.32. The second kappa shape index (κ2) is 5.97. The molecule has 98 valence electrons. The summed E-state index contributed by atoms with van der Waals surface area (Å²) in [7, 11) is 0. The van der Waals surface area contributed by atoms with Gasteiger partial charge in [-0.1, -0.05) is 28.9 Å². The second-order valence-corrected chi connectivity index (χ2v) is 5.08. The molecule has 0 aliphatic heterocycles. The fourth-order valence-electron chi connectivity index (χ4n) is 1.60. The number of nitrogens with zero attached hydrogens (tertiary/aromatic N) is 1. The number of aromatic nitrogens is 1. The number of hydrogen-bond donors (Lipinski definition) is 0. The number of rotatable bonds is 4. The summed E-state index contributed by atoms with van der Waals surface area (Å²) >= 11 is 3.41. The maximum atomic E-state index is 11.5. The highest BCUT2D eigenvalue weighted by Crippen LogP contribution is 2.27. The van der Waals surface area contributed by atoms with Crippen LogP contribution in [-0.4, -0.2) is 10.8 Å². The molecule has 0 N–H and O–H groups in total. The van der Waals surface area contributed by atoms with Crippen molar-refractivity contribution in [3.63, 3.8) is 0 Å². The third kappa shape index (κ3) is 3.41.